The van der Waals surface area contributed by atoms with Crippen molar-refractivity contribution in [2.45, 2.75) is 6.42 Å². The fraction of sp³-hybridized carbons (Fsp3) is 0.750. The molecule has 35 valence electrons. The smallest absolute Gasteiger partial charge is 0.0272 e. The van der Waals surface area contributed by atoms with E-state index in [1.807, 2.05) is 5.01 Å². The second-order valence-electron chi connectivity index (χ2n) is 1.53. The van der Waals surface area contributed by atoms with E-state index in [2.05, 4.69) is 12.5 Å². The number of rotatable bonds is 0. The lowest BCUT2D eigenvalue weighted by molar-refractivity contribution is 0.353. The SMILES string of the molecule is [CH2]N1CCCN1. The van der Waals surface area contributed by atoms with Crippen LogP contribution in [0.5, 0.6) is 0 Å². The van der Waals surface area contributed by atoms with Gasteiger partial charge in [-0.15, -0.1) is 0 Å². The van der Waals surface area contributed by atoms with Gasteiger partial charge in [0.15, 0.2) is 0 Å². The molecule has 0 aromatic heterocycles. The highest BCUT2D eigenvalue weighted by Gasteiger charge is 2.01. The van der Waals surface area contributed by atoms with E-state index in [4.69, 9.17) is 0 Å². The third kappa shape index (κ3) is 0.698. The van der Waals surface area contributed by atoms with Crippen LogP contribution in [0.15, 0.2) is 0 Å². The summed E-state index contributed by atoms with van der Waals surface area (Å²) in [4.78, 5) is 0. The Labute approximate surface area is 38.1 Å². The lowest BCUT2D eigenvalue weighted by Gasteiger charge is -2.02. The highest BCUT2D eigenvalue weighted by molar-refractivity contribution is 4.57. The number of hydrogen-bond donors (Lipinski definition) is 1. The van der Waals surface area contributed by atoms with Gasteiger partial charge in [-0.25, -0.2) is 5.01 Å². The van der Waals surface area contributed by atoms with Crippen LogP contribution < -0.4 is 5.43 Å². The van der Waals surface area contributed by atoms with Crippen LogP contribution in [0.2, 0.25) is 0 Å². The Balaban J connectivity index is 2.18. The molecule has 1 saturated heterocycles. The zero-order valence-electron chi connectivity index (χ0n) is 3.78. The van der Waals surface area contributed by atoms with Crippen LogP contribution in [0.3, 0.4) is 0 Å². The summed E-state index contributed by atoms with van der Waals surface area (Å²) in [7, 11) is 3.66. The Kier molecular flexibility index (Phi) is 1.08. The Morgan fingerprint density at radius 1 is 1.67 bits per heavy atom. The predicted molar refractivity (Wildman–Crippen MR) is 24.7 cm³/mol. The van der Waals surface area contributed by atoms with Gasteiger partial charge in [0, 0.05) is 20.1 Å². The Morgan fingerprint density at radius 3 is 2.67 bits per heavy atom. The lowest BCUT2D eigenvalue weighted by atomic mass is 10.5. The van der Waals surface area contributed by atoms with Crippen molar-refractivity contribution in [3.63, 3.8) is 0 Å². The molecule has 1 fully saturated rings. The number of nitrogens with one attached hydrogen (secondary N) is 1. The minimum absolute atomic E-state index is 1.10. The topological polar surface area (TPSA) is 15.3 Å². The molecule has 2 heteroatoms. The number of hydrazine groups is 1. The number of nitrogens with zero attached hydrogens (tertiary/aromatic N) is 1. The Hall–Kier alpha value is -0.0800. The van der Waals surface area contributed by atoms with E-state index >= 15 is 0 Å². The first-order valence-corrected chi connectivity index (χ1v) is 2.21. The van der Waals surface area contributed by atoms with E-state index in [1.54, 1.807) is 0 Å². The predicted octanol–water partition coefficient (Wildman–Crippen LogP) is -0.0117. The average molecular weight is 85.1 g/mol. The van der Waals surface area contributed by atoms with Crippen molar-refractivity contribution >= 4 is 0 Å². The molecule has 0 bridgehead atoms. The van der Waals surface area contributed by atoms with Gasteiger partial charge in [0.25, 0.3) is 0 Å². The van der Waals surface area contributed by atoms with Crippen molar-refractivity contribution in [2.75, 3.05) is 13.1 Å². The van der Waals surface area contributed by atoms with Crippen molar-refractivity contribution in [3.8, 4) is 0 Å². The highest BCUT2D eigenvalue weighted by atomic mass is 15.5. The first kappa shape index (κ1) is 4.09. The van der Waals surface area contributed by atoms with Crippen molar-refractivity contribution in [1.82, 2.24) is 10.4 Å². The fourth-order valence-electron chi connectivity index (χ4n) is 0.586. The van der Waals surface area contributed by atoms with Gasteiger partial charge in [0.05, 0.1) is 0 Å². The summed E-state index contributed by atoms with van der Waals surface area (Å²) in [6.07, 6.45) is 1.24. The molecule has 0 spiro atoms. The van der Waals surface area contributed by atoms with Gasteiger partial charge in [-0.1, -0.05) is 0 Å². The molecule has 1 radical (unpaired) electrons. The van der Waals surface area contributed by atoms with Gasteiger partial charge in [-0.05, 0) is 6.42 Å². The zero-order valence-corrected chi connectivity index (χ0v) is 3.78. The zero-order chi connectivity index (χ0) is 4.41. The fourth-order valence-corrected chi connectivity index (χ4v) is 0.586. The van der Waals surface area contributed by atoms with Crippen LogP contribution in [0, 0.1) is 7.05 Å². The summed E-state index contributed by atoms with van der Waals surface area (Å²) < 4.78 is 0. The molecule has 1 rings (SSSR count). The molecule has 0 aliphatic carbocycles. The van der Waals surface area contributed by atoms with Gasteiger partial charge < -0.3 is 0 Å². The molecule has 1 aliphatic rings. The molecule has 1 heterocycles. The van der Waals surface area contributed by atoms with E-state index in [0.717, 1.165) is 13.1 Å². The van der Waals surface area contributed by atoms with E-state index in [-0.39, 0.29) is 0 Å². The standard InChI is InChI=1S/C4H9N2/c1-6-4-2-3-5-6/h5H,1-4H2. The minimum Gasteiger partial charge on any atom is -0.255 e. The summed E-state index contributed by atoms with van der Waals surface area (Å²) in [5.74, 6) is 0. The first-order chi connectivity index (χ1) is 2.89. The lowest BCUT2D eigenvalue weighted by Crippen LogP contribution is -2.22. The average Bonchev–Trinajstić information content (AvgIpc) is 1.86. The second-order valence-corrected chi connectivity index (χ2v) is 1.53. The van der Waals surface area contributed by atoms with Gasteiger partial charge in [0.2, 0.25) is 0 Å². The molecule has 2 nitrogen and oxygen atoms in total. The molecule has 6 heavy (non-hydrogen) atoms. The van der Waals surface area contributed by atoms with Crippen LogP contribution in [-0.4, -0.2) is 18.1 Å². The Bertz CT molecular complexity index is 38.8. The maximum Gasteiger partial charge on any atom is 0.0272 e. The molecule has 0 aromatic carbocycles. The third-order valence-corrected chi connectivity index (χ3v) is 0.940. The largest absolute Gasteiger partial charge is 0.255 e. The van der Waals surface area contributed by atoms with Gasteiger partial charge in [0.1, 0.15) is 0 Å². The molecular weight excluding hydrogens is 76.1 g/mol. The van der Waals surface area contributed by atoms with Crippen molar-refractivity contribution < 1.29 is 0 Å². The van der Waals surface area contributed by atoms with E-state index in [9.17, 15) is 0 Å². The third-order valence-electron chi connectivity index (χ3n) is 0.940. The quantitative estimate of drug-likeness (QED) is 0.445. The monoisotopic (exact) mass is 85.1 g/mol. The van der Waals surface area contributed by atoms with Gasteiger partial charge in [-0.3, -0.25) is 5.43 Å². The minimum atomic E-state index is 1.10. The Morgan fingerprint density at radius 2 is 2.50 bits per heavy atom. The molecule has 0 saturated carbocycles. The maximum absolute atomic E-state index is 3.66. The highest BCUT2D eigenvalue weighted by Crippen LogP contribution is 1.90. The van der Waals surface area contributed by atoms with E-state index in [0.29, 0.717) is 0 Å². The van der Waals surface area contributed by atoms with Crippen LogP contribution in [0.25, 0.3) is 0 Å². The molecule has 1 N–H and O–H groups in total. The summed E-state index contributed by atoms with van der Waals surface area (Å²) in [5, 5.41) is 1.86. The van der Waals surface area contributed by atoms with Crippen molar-refractivity contribution in [2.24, 2.45) is 0 Å². The first-order valence-electron chi connectivity index (χ1n) is 2.21. The molecule has 0 aromatic rings. The van der Waals surface area contributed by atoms with E-state index < -0.39 is 0 Å². The normalized spacial score (nSPS) is 25.5. The summed E-state index contributed by atoms with van der Waals surface area (Å²) >= 11 is 0. The molecule has 0 amide bonds. The maximum atomic E-state index is 3.66. The van der Waals surface area contributed by atoms with Gasteiger partial charge in [-0.2, -0.15) is 0 Å². The van der Waals surface area contributed by atoms with Crippen LogP contribution in [0.1, 0.15) is 6.42 Å². The van der Waals surface area contributed by atoms with Crippen molar-refractivity contribution in [1.29, 1.82) is 0 Å². The van der Waals surface area contributed by atoms with Crippen LogP contribution >= 0.6 is 0 Å². The molecule has 1 aliphatic heterocycles. The summed E-state index contributed by atoms with van der Waals surface area (Å²) in [6.45, 7) is 2.20. The molecule has 0 atom stereocenters. The summed E-state index contributed by atoms with van der Waals surface area (Å²) in [5.41, 5.74) is 3.04. The van der Waals surface area contributed by atoms with Crippen LogP contribution in [0.4, 0.5) is 0 Å². The van der Waals surface area contributed by atoms with Crippen LogP contribution in [-0.2, 0) is 0 Å². The van der Waals surface area contributed by atoms with Gasteiger partial charge >= 0.3 is 0 Å². The molecular formula is C4H9N2. The number of hydrogen-bond acceptors (Lipinski definition) is 2. The van der Waals surface area contributed by atoms with E-state index in [1.165, 1.54) is 6.42 Å². The summed E-state index contributed by atoms with van der Waals surface area (Å²) in [6, 6.07) is 0. The van der Waals surface area contributed by atoms with Crippen molar-refractivity contribution in [3.05, 3.63) is 7.05 Å². The molecule has 0 unspecified atom stereocenters. The second kappa shape index (κ2) is 1.58.